The summed E-state index contributed by atoms with van der Waals surface area (Å²) in [6.45, 7) is 0. The Labute approximate surface area is 85.4 Å². The van der Waals surface area contributed by atoms with Crippen molar-refractivity contribution in [2.45, 2.75) is 0 Å². The average Bonchev–Trinajstić information content (AvgIpc) is 2.15. The molecule has 1 aromatic rings. The van der Waals surface area contributed by atoms with E-state index in [0.717, 1.165) is 10.2 Å². The van der Waals surface area contributed by atoms with Crippen LogP contribution in [0, 0.1) is 0 Å². The Hall–Kier alpha value is -1.03. The van der Waals surface area contributed by atoms with Gasteiger partial charge < -0.3 is 4.74 Å². The molecule has 0 spiro atoms. The van der Waals surface area contributed by atoms with E-state index in [2.05, 4.69) is 20.7 Å². The zero-order valence-electron chi connectivity index (χ0n) is 7.45. The number of carbonyl (C=O) groups is 1. The molecule has 0 radical (unpaired) electrons. The first-order valence-corrected chi connectivity index (χ1v) is 4.51. The molecule has 13 heavy (non-hydrogen) atoms. The molecule has 0 heterocycles. The molecule has 0 aliphatic rings. The summed E-state index contributed by atoms with van der Waals surface area (Å²) in [5.41, 5.74) is 0.793. The molecule has 0 saturated carbocycles. The zero-order chi connectivity index (χ0) is 9.84. The Balaban J connectivity index is 2.88. The quantitative estimate of drug-likeness (QED) is 0.759. The van der Waals surface area contributed by atoms with Gasteiger partial charge in [0.25, 0.3) is 0 Å². The minimum absolute atomic E-state index is 0.377. The first-order valence-electron chi connectivity index (χ1n) is 3.72. The highest BCUT2D eigenvalue weighted by molar-refractivity contribution is 9.10. The molecular weight excluding hydrogens is 234 g/mol. The molecule has 4 heteroatoms. The Morgan fingerprint density at radius 3 is 2.77 bits per heavy atom. The van der Waals surface area contributed by atoms with Crippen molar-refractivity contribution < 1.29 is 9.53 Å². The number of ether oxygens (including phenoxy) is 1. The van der Waals surface area contributed by atoms with E-state index in [4.69, 9.17) is 0 Å². The van der Waals surface area contributed by atoms with Gasteiger partial charge in [0.05, 0.1) is 7.11 Å². The lowest BCUT2D eigenvalue weighted by molar-refractivity contribution is 0.180. The number of hydrogen-bond acceptors (Lipinski definition) is 2. The van der Waals surface area contributed by atoms with Gasteiger partial charge in [0.2, 0.25) is 0 Å². The van der Waals surface area contributed by atoms with Gasteiger partial charge in [0.15, 0.2) is 0 Å². The van der Waals surface area contributed by atoms with Crippen molar-refractivity contribution in [1.82, 2.24) is 0 Å². The third-order valence-corrected chi connectivity index (χ3v) is 2.14. The number of halogens is 1. The van der Waals surface area contributed by atoms with Gasteiger partial charge >= 0.3 is 6.09 Å². The van der Waals surface area contributed by atoms with Gasteiger partial charge in [-0.2, -0.15) is 0 Å². The van der Waals surface area contributed by atoms with Crippen LogP contribution >= 0.6 is 15.9 Å². The van der Waals surface area contributed by atoms with Gasteiger partial charge in [0, 0.05) is 17.2 Å². The van der Waals surface area contributed by atoms with E-state index in [1.165, 1.54) is 12.0 Å². The van der Waals surface area contributed by atoms with Gasteiger partial charge in [-0.25, -0.2) is 4.79 Å². The minimum Gasteiger partial charge on any atom is -0.452 e. The second kappa shape index (κ2) is 4.28. The van der Waals surface area contributed by atoms with E-state index in [-0.39, 0.29) is 6.09 Å². The number of anilines is 1. The summed E-state index contributed by atoms with van der Waals surface area (Å²) >= 11 is 3.32. The molecule has 0 bridgehead atoms. The maximum Gasteiger partial charge on any atom is 0.413 e. The normalized spacial score (nSPS) is 9.46. The van der Waals surface area contributed by atoms with Crippen LogP contribution in [0.2, 0.25) is 0 Å². The topological polar surface area (TPSA) is 29.5 Å². The van der Waals surface area contributed by atoms with Gasteiger partial charge in [-0.1, -0.05) is 22.0 Å². The number of nitrogens with zero attached hydrogens (tertiary/aromatic N) is 1. The van der Waals surface area contributed by atoms with Gasteiger partial charge in [-0.3, -0.25) is 4.90 Å². The zero-order valence-corrected chi connectivity index (χ0v) is 9.04. The van der Waals surface area contributed by atoms with Crippen LogP contribution in [0.15, 0.2) is 28.7 Å². The lowest BCUT2D eigenvalue weighted by Crippen LogP contribution is -2.25. The fourth-order valence-electron chi connectivity index (χ4n) is 0.927. The lowest BCUT2D eigenvalue weighted by atomic mass is 10.3. The number of carbonyl (C=O) groups excluding carboxylic acids is 1. The number of amides is 1. The van der Waals surface area contributed by atoms with E-state index in [9.17, 15) is 4.79 Å². The molecule has 0 aliphatic carbocycles. The highest BCUT2D eigenvalue weighted by Crippen LogP contribution is 2.18. The fourth-order valence-corrected chi connectivity index (χ4v) is 1.31. The fraction of sp³-hybridized carbons (Fsp3) is 0.222. The largest absolute Gasteiger partial charge is 0.452 e. The summed E-state index contributed by atoms with van der Waals surface area (Å²) in [5.74, 6) is 0. The molecule has 70 valence electrons. The van der Waals surface area contributed by atoms with E-state index in [1.807, 2.05) is 24.3 Å². The molecule has 0 unspecified atom stereocenters. The average molecular weight is 244 g/mol. The molecule has 0 saturated heterocycles. The van der Waals surface area contributed by atoms with E-state index >= 15 is 0 Å². The molecule has 3 nitrogen and oxygen atoms in total. The maximum absolute atomic E-state index is 11.1. The van der Waals surface area contributed by atoms with Crippen LogP contribution in [0.4, 0.5) is 10.5 Å². The molecule has 0 atom stereocenters. The highest BCUT2D eigenvalue weighted by Gasteiger charge is 2.09. The Morgan fingerprint density at radius 2 is 2.23 bits per heavy atom. The second-order valence-electron chi connectivity index (χ2n) is 2.51. The molecule has 1 amide bonds. The number of rotatable bonds is 1. The minimum atomic E-state index is -0.377. The molecular formula is C9H10BrNO2. The van der Waals surface area contributed by atoms with Crippen molar-refractivity contribution in [2.75, 3.05) is 19.1 Å². The van der Waals surface area contributed by atoms with Crippen LogP contribution in [0.1, 0.15) is 0 Å². The summed E-state index contributed by atoms with van der Waals surface area (Å²) in [4.78, 5) is 12.5. The van der Waals surface area contributed by atoms with Crippen molar-refractivity contribution in [3.8, 4) is 0 Å². The Morgan fingerprint density at radius 1 is 1.54 bits per heavy atom. The van der Waals surface area contributed by atoms with Crippen LogP contribution in [-0.2, 0) is 4.74 Å². The van der Waals surface area contributed by atoms with Crippen molar-refractivity contribution in [2.24, 2.45) is 0 Å². The summed E-state index contributed by atoms with van der Waals surface area (Å²) in [6.07, 6.45) is -0.377. The highest BCUT2D eigenvalue weighted by atomic mass is 79.9. The molecule has 1 rings (SSSR count). The first-order chi connectivity index (χ1) is 6.15. The van der Waals surface area contributed by atoms with Crippen LogP contribution < -0.4 is 4.90 Å². The Kier molecular flexibility index (Phi) is 3.31. The Bertz CT molecular complexity index is 314. The molecule has 0 fully saturated rings. The van der Waals surface area contributed by atoms with Crippen LogP contribution in [0.25, 0.3) is 0 Å². The van der Waals surface area contributed by atoms with Gasteiger partial charge in [-0.05, 0) is 18.2 Å². The third kappa shape index (κ3) is 2.45. The smallest absolute Gasteiger partial charge is 0.413 e. The van der Waals surface area contributed by atoms with Crippen LogP contribution in [0.3, 0.4) is 0 Å². The molecule has 1 aromatic carbocycles. The summed E-state index contributed by atoms with van der Waals surface area (Å²) in [5, 5.41) is 0. The molecule has 0 aromatic heterocycles. The number of benzene rings is 1. The van der Waals surface area contributed by atoms with Gasteiger partial charge in [-0.15, -0.1) is 0 Å². The van der Waals surface area contributed by atoms with E-state index < -0.39 is 0 Å². The monoisotopic (exact) mass is 243 g/mol. The van der Waals surface area contributed by atoms with Crippen molar-refractivity contribution in [3.05, 3.63) is 28.7 Å². The SMILES string of the molecule is COC(=O)N(C)c1cccc(Br)c1. The standard InChI is InChI=1S/C9H10BrNO2/c1-11(9(12)13-2)8-5-3-4-7(10)6-8/h3-6H,1-2H3. The molecule has 0 aliphatic heterocycles. The third-order valence-electron chi connectivity index (χ3n) is 1.64. The summed E-state index contributed by atoms with van der Waals surface area (Å²) < 4.78 is 5.51. The summed E-state index contributed by atoms with van der Waals surface area (Å²) in [6, 6.07) is 7.44. The van der Waals surface area contributed by atoms with Crippen LogP contribution in [-0.4, -0.2) is 20.3 Å². The lowest BCUT2D eigenvalue weighted by Gasteiger charge is -2.15. The van der Waals surface area contributed by atoms with E-state index in [0.29, 0.717) is 0 Å². The van der Waals surface area contributed by atoms with Crippen molar-refractivity contribution in [3.63, 3.8) is 0 Å². The second-order valence-corrected chi connectivity index (χ2v) is 3.42. The predicted molar refractivity (Wildman–Crippen MR) is 55.0 cm³/mol. The molecule has 0 N–H and O–H groups in total. The predicted octanol–water partition coefficient (Wildman–Crippen LogP) is 2.65. The van der Waals surface area contributed by atoms with Crippen molar-refractivity contribution >= 4 is 27.7 Å². The van der Waals surface area contributed by atoms with E-state index in [1.54, 1.807) is 7.05 Å². The van der Waals surface area contributed by atoms with Crippen LogP contribution in [0.5, 0.6) is 0 Å². The number of hydrogen-bond donors (Lipinski definition) is 0. The maximum atomic E-state index is 11.1. The van der Waals surface area contributed by atoms with Gasteiger partial charge in [0.1, 0.15) is 0 Å². The summed E-state index contributed by atoms with van der Waals surface area (Å²) in [7, 11) is 3.02. The number of methoxy groups -OCH3 is 1. The van der Waals surface area contributed by atoms with Crippen molar-refractivity contribution in [1.29, 1.82) is 0 Å². The first kappa shape index (κ1) is 10.1.